The molecule has 0 atom stereocenters. The van der Waals surface area contributed by atoms with Gasteiger partial charge in [0.25, 0.3) is 0 Å². The number of hydrogen-bond donors (Lipinski definition) is 1. The molecule has 2 aromatic rings. The molecule has 1 aromatic heterocycles. The zero-order valence-electron chi connectivity index (χ0n) is 11.5. The molecule has 0 amide bonds. The lowest BCUT2D eigenvalue weighted by atomic mass is 10.3. The second-order valence-electron chi connectivity index (χ2n) is 4.26. The van der Waals surface area contributed by atoms with Crippen LogP contribution in [0.2, 0.25) is 0 Å². The van der Waals surface area contributed by atoms with E-state index in [4.69, 9.17) is 4.74 Å². The van der Waals surface area contributed by atoms with E-state index in [-0.39, 0.29) is 11.6 Å². The van der Waals surface area contributed by atoms with Gasteiger partial charge in [-0.2, -0.15) is 4.98 Å². The van der Waals surface area contributed by atoms with E-state index in [1.54, 1.807) is 13.8 Å². The van der Waals surface area contributed by atoms with E-state index < -0.39 is 11.6 Å². The number of anilines is 1. The highest BCUT2D eigenvalue weighted by molar-refractivity contribution is 5.49. The molecule has 106 valence electrons. The number of nitrogens with zero attached hydrogens (tertiary/aromatic N) is 2. The average Bonchev–Trinajstić information content (AvgIpc) is 2.38. The Morgan fingerprint density at radius 1 is 1.20 bits per heavy atom. The van der Waals surface area contributed by atoms with Gasteiger partial charge in [-0.1, -0.05) is 0 Å². The molecule has 0 saturated heterocycles. The van der Waals surface area contributed by atoms with Crippen molar-refractivity contribution < 1.29 is 13.5 Å². The molecular weight excluding hydrogens is 264 g/mol. The molecule has 2 rings (SSSR count). The quantitative estimate of drug-likeness (QED) is 0.929. The molecular formula is C14H15F2N3O. The van der Waals surface area contributed by atoms with Gasteiger partial charge in [0, 0.05) is 12.6 Å². The monoisotopic (exact) mass is 279 g/mol. The molecule has 0 fully saturated rings. The molecule has 1 N–H and O–H groups in total. The van der Waals surface area contributed by atoms with Crippen molar-refractivity contribution in [1.82, 2.24) is 9.97 Å². The van der Waals surface area contributed by atoms with E-state index in [2.05, 4.69) is 15.3 Å². The fraction of sp³-hybridized carbons (Fsp3) is 0.286. The summed E-state index contributed by atoms with van der Waals surface area (Å²) in [6.45, 7) is 6.13. The van der Waals surface area contributed by atoms with Crippen molar-refractivity contribution in [2.24, 2.45) is 0 Å². The largest absolute Gasteiger partial charge is 0.435 e. The van der Waals surface area contributed by atoms with Crippen LogP contribution in [0.15, 0.2) is 18.2 Å². The Balaban J connectivity index is 2.37. The topological polar surface area (TPSA) is 47.0 Å². The van der Waals surface area contributed by atoms with E-state index in [1.165, 1.54) is 6.07 Å². The van der Waals surface area contributed by atoms with Crippen molar-refractivity contribution in [3.63, 3.8) is 0 Å². The molecule has 20 heavy (non-hydrogen) atoms. The summed E-state index contributed by atoms with van der Waals surface area (Å²) in [4.78, 5) is 8.39. The number of rotatable bonds is 4. The highest BCUT2D eigenvalue weighted by Gasteiger charge is 2.13. The predicted octanol–water partition coefficient (Wildman–Crippen LogP) is 3.60. The van der Waals surface area contributed by atoms with E-state index in [9.17, 15) is 8.78 Å². The minimum absolute atomic E-state index is 0.0740. The maximum Gasteiger partial charge on any atom is 0.227 e. The number of halogens is 2. The molecule has 6 heteroatoms. The van der Waals surface area contributed by atoms with Crippen LogP contribution < -0.4 is 10.1 Å². The molecule has 0 aliphatic rings. The van der Waals surface area contributed by atoms with Crippen LogP contribution in [-0.2, 0) is 0 Å². The standard InChI is InChI=1S/C14H15F2N3O/c1-4-17-13-8(2)14(19-9(3)18-13)20-12-6-5-10(15)7-11(12)16/h5-7H,4H2,1-3H3,(H,17,18,19). The first kappa shape index (κ1) is 14.2. The molecule has 0 saturated carbocycles. The van der Waals surface area contributed by atoms with Crippen LogP contribution in [0.25, 0.3) is 0 Å². The van der Waals surface area contributed by atoms with E-state index >= 15 is 0 Å². The summed E-state index contributed by atoms with van der Waals surface area (Å²) < 4.78 is 31.9. The summed E-state index contributed by atoms with van der Waals surface area (Å²) in [5.41, 5.74) is 0.668. The third-order valence-electron chi connectivity index (χ3n) is 2.66. The number of aromatic nitrogens is 2. The van der Waals surface area contributed by atoms with Crippen LogP contribution >= 0.6 is 0 Å². The smallest absolute Gasteiger partial charge is 0.227 e. The van der Waals surface area contributed by atoms with Crippen LogP contribution in [0.5, 0.6) is 11.6 Å². The molecule has 4 nitrogen and oxygen atoms in total. The number of benzene rings is 1. The molecule has 0 unspecified atom stereocenters. The summed E-state index contributed by atoms with van der Waals surface area (Å²) >= 11 is 0. The molecule has 0 radical (unpaired) electrons. The van der Waals surface area contributed by atoms with Gasteiger partial charge in [-0.05, 0) is 32.9 Å². The van der Waals surface area contributed by atoms with Gasteiger partial charge in [-0.15, -0.1) is 0 Å². The first-order valence-corrected chi connectivity index (χ1v) is 6.23. The summed E-state index contributed by atoms with van der Waals surface area (Å²) in [5.74, 6) is -0.111. The summed E-state index contributed by atoms with van der Waals surface area (Å²) in [7, 11) is 0. The van der Waals surface area contributed by atoms with Gasteiger partial charge >= 0.3 is 0 Å². The highest BCUT2D eigenvalue weighted by Crippen LogP contribution is 2.28. The predicted molar refractivity (Wildman–Crippen MR) is 72.1 cm³/mol. The SMILES string of the molecule is CCNc1nc(C)nc(Oc2ccc(F)cc2F)c1C. The molecule has 0 bridgehead atoms. The molecule has 0 spiro atoms. The highest BCUT2D eigenvalue weighted by atomic mass is 19.1. The fourth-order valence-corrected chi connectivity index (χ4v) is 1.70. The van der Waals surface area contributed by atoms with Crippen LogP contribution in [0, 0.1) is 25.5 Å². The Morgan fingerprint density at radius 3 is 2.60 bits per heavy atom. The maximum absolute atomic E-state index is 13.6. The van der Waals surface area contributed by atoms with E-state index in [1.807, 2.05) is 6.92 Å². The van der Waals surface area contributed by atoms with Gasteiger partial charge in [0.15, 0.2) is 11.6 Å². The van der Waals surface area contributed by atoms with Crippen molar-refractivity contribution >= 4 is 5.82 Å². The fourth-order valence-electron chi connectivity index (χ4n) is 1.70. The maximum atomic E-state index is 13.6. The molecule has 1 heterocycles. The van der Waals surface area contributed by atoms with Crippen LogP contribution in [0.3, 0.4) is 0 Å². The first-order valence-electron chi connectivity index (χ1n) is 6.23. The Kier molecular flexibility index (Phi) is 4.12. The van der Waals surface area contributed by atoms with Gasteiger partial charge in [-0.25, -0.2) is 13.8 Å². The van der Waals surface area contributed by atoms with Crippen molar-refractivity contribution in [3.8, 4) is 11.6 Å². The van der Waals surface area contributed by atoms with Crippen molar-refractivity contribution in [2.75, 3.05) is 11.9 Å². The third kappa shape index (κ3) is 3.01. The zero-order chi connectivity index (χ0) is 14.7. The van der Waals surface area contributed by atoms with Crippen LogP contribution in [0.1, 0.15) is 18.3 Å². The summed E-state index contributed by atoms with van der Waals surface area (Å²) in [6, 6.07) is 3.13. The first-order chi connectivity index (χ1) is 9.51. The summed E-state index contributed by atoms with van der Waals surface area (Å²) in [6.07, 6.45) is 0. The van der Waals surface area contributed by atoms with E-state index in [0.717, 1.165) is 12.1 Å². The lowest BCUT2D eigenvalue weighted by molar-refractivity contribution is 0.419. The Hall–Kier alpha value is -2.24. The summed E-state index contributed by atoms with van der Waals surface area (Å²) in [5, 5.41) is 3.08. The van der Waals surface area contributed by atoms with E-state index in [0.29, 0.717) is 23.8 Å². The van der Waals surface area contributed by atoms with Gasteiger partial charge in [0.1, 0.15) is 17.5 Å². The number of ether oxygens (including phenoxy) is 1. The normalized spacial score (nSPS) is 10.4. The number of hydrogen-bond acceptors (Lipinski definition) is 4. The third-order valence-corrected chi connectivity index (χ3v) is 2.66. The average molecular weight is 279 g/mol. The number of aryl methyl sites for hydroxylation is 1. The van der Waals surface area contributed by atoms with Crippen molar-refractivity contribution in [3.05, 3.63) is 41.2 Å². The lowest BCUT2D eigenvalue weighted by Gasteiger charge is -2.13. The zero-order valence-corrected chi connectivity index (χ0v) is 11.5. The molecule has 0 aliphatic carbocycles. The number of nitrogens with one attached hydrogen (secondary N) is 1. The van der Waals surface area contributed by atoms with Crippen molar-refractivity contribution in [2.45, 2.75) is 20.8 Å². The lowest BCUT2D eigenvalue weighted by Crippen LogP contribution is -2.06. The van der Waals surface area contributed by atoms with Crippen LogP contribution in [-0.4, -0.2) is 16.5 Å². The van der Waals surface area contributed by atoms with Crippen LogP contribution in [0.4, 0.5) is 14.6 Å². The van der Waals surface area contributed by atoms with Gasteiger partial charge in [-0.3, -0.25) is 0 Å². The minimum Gasteiger partial charge on any atom is -0.435 e. The molecule has 1 aromatic carbocycles. The van der Waals surface area contributed by atoms with Gasteiger partial charge in [0.05, 0.1) is 5.56 Å². The second-order valence-corrected chi connectivity index (χ2v) is 4.26. The van der Waals surface area contributed by atoms with Gasteiger partial charge < -0.3 is 10.1 Å². The second kappa shape index (κ2) is 5.81. The Morgan fingerprint density at radius 2 is 1.95 bits per heavy atom. The Bertz CT molecular complexity index is 632. The minimum atomic E-state index is -0.773. The Labute approximate surface area is 115 Å². The van der Waals surface area contributed by atoms with Crippen molar-refractivity contribution in [1.29, 1.82) is 0 Å². The van der Waals surface area contributed by atoms with Gasteiger partial charge in [0.2, 0.25) is 5.88 Å². The molecule has 0 aliphatic heterocycles.